The average Bonchev–Trinajstić information content (AvgIpc) is 2.89. The van der Waals surface area contributed by atoms with Crippen molar-refractivity contribution in [1.29, 1.82) is 0 Å². The SMILES string of the molecule is CC1CCC(C)c2c(N3CCC(N)C3)n[nH]c21. The standard InChI is InChI=1S/C13H22N4/c1-8-3-4-9(2)12-11(8)13(16-15-12)17-6-5-10(14)7-17/h8-10H,3-7,14H2,1-2H3,(H,15,16). The number of nitrogens with zero attached hydrogens (tertiary/aromatic N) is 2. The minimum atomic E-state index is 0.318. The van der Waals surface area contributed by atoms with Crippen LogP contribution in [0.25, 0.3) is 0 Å². The van der Waals surface area contributed by atoms with E-state index in [1.165, 1.54) is 29.9 Å². The molecule has 3 N–H and O–H groups in total. The van der Waals surface area contributed by atoms with Crippen LogP contribution in [0.5, 0.6) is 0 Å². The lowest BCUT2D eigenvalue weighted by Gasteiger charge is -2.26. The summed E-state index contributed by atoms with van der Waals surface area (Å²) in [7, 11) is 0. The second-order valence-electron chi connectivity index (χ2n) is 5.75. The van der Waals surface area contributed by atoms with E-state index in [0.29, 0.717) is 17.9 Å². The van der Waals surface area contributed by atoms with Gasteiger partial charge in [-0.25, -0.2) is 0 Å². The Bertz CT molecular complexity index is 412. The van der Waals surface area contributed by atoms with E-state index < -0.39 is 0 Å². The summed E-state index contributed by atoms with van der Waals surface area (Å²) in [6.45, 7) is 6.63. The molecule has 4 heteroatoms. The van der Waals surface area contributed by atoms with Gasteiger partial charge in [0.25, 0.3) is 0 Å². The number of aromatic nitrogens is 2. The first kappa shape index (κ1) is 11.1. The molecule has 17 heavy (non-hydrogen) atoms. The van der Waals surface area contributed by atoms with Gasteiger partial charge in [-0.05, 0) is 31.1 Å². The van der Waals surface area contributed by atoms with E-state index >= 15 is 0 Å². The molecule has 0 saturated carbocycles. The van der Waals surface area contributed by atoms with Gasteiger partial charge in [0.2, 0.25) is 0 Å². The largest absolute Gasteiger partial charge is 0.353 e. The minimum Gasteiger partial charge on any atom is -0.353 e. The molecular formula is C13H22N4. The van der Waals surface area contributed by atoms with E-state index in [1.54, 1.807) is 0 Å². The first-order valence-electron chi connectivity index (χ1n) is 6.75. The zero-order valence-corrected chi connectivity index (χ0v) is 10.7. The van der Waals surface area contributed by atoms with Crippen LogP contribution in [0, 0.1) is 0 Å². The van der Waals surface area contributed by atoms with Crippen molar-refractivity contribution in [3.8, 4) is 0 Å². The molecule has 1 saturated heterocycles. The van der Waals surface area contributed by atoms with Gasteiger partial charge in [0.15, 0.2) is 5.82 Å². The maximum Gasteiger partial charge on any atom is 0.154 e. The Morgan fingerprint density at radius 2 is 2.00 bits per heavy atom. The van der Waals surface area contributed by atoms with Crippen LogP contribution in [0.1, 0.15) is 56.2 Å². The third-order valence-electron chi connectivity index (χ3n) is 4.36. The first-order valence-corrected chi connectivity index (χ1v) is 6.75. The van der Waals surface area contributed by atoms with Crippen LogP contribution in [0.15, 0.2) is 0 Å². The summed E-state index contributed by atoms with van der Waals surface area (Å²) in [4.78, 5) is 2.36. The summed E-state index contributed by atoms with van der Waals surface area (Å²) in [6, 6.07) is 0.318. The molecule has 4 nitrogen and oxygen atoms in total. The summed E-state index contributed by atoms with van der Waals surface area (Å²) in [5.41, 5.74) is 8.81. The molecule has 2 aliphatic rings. The quantitative estimate of drug-likeness (QED) is 0.781. The van der Waals surface area contributed by atoms with Gasteiger partial charge >= 0.3 is 0 Å². The summed E-state index contributed by atoms with van der Waals surface area (Å²) in [5, 5.41) is 7.83. The zero-order valence-electron chi connectivity index (χ0n) is 10.7. The van der Waals surface area contributed by atoms with Gasteiger partial charge in [-0.3, -0.25) is 5.10 Å². The second kappa shape index (κ2) is 4.02. The number of nitrogens with one attached hydrogen (secondary N) is 1. The highest BCUT2D eigenvalue weighted by molar-refractivity contribution is 5.53. The lowest BCUT2D eigenvalue weighted by Crippen LogP contribution is -2.27. The van der Waals surface area contributed by atoms with Crippen molar-refractivity contribution in [2.45, 2.75) is 51.0 Å². The van der Waals surface area contributed by atoms with Crippen LogP contribution in [0.4, 0.5) is 5.82 Å². The Kier molecular flexibility index (Phi) is 2.62. The van der Waals surface area contributed by atoms with Crippen molar-refractivity contribution in [2.24, 2.45) is 5.73 Å². The Hall–Kier alpha value is -1.03. The maximum absolute atomic E-state index is 5.99. The third kappa shape index (κ3) is 1.75. The number of fused-ring (bicyclic) bond motifs is 1. The van der Waals surface area contributed by atoms with Crippen LogP contribution in [0.3, 0.4) is 0 Å². The number of hydrogen-bond acceptors (Lipinski definition) is 3. The minimum absolute atomic E-state index is 0.318. The Balaban J connectivity index is 1.96. The molecule has 0 radical (unpaired) electrons. The number of nitrogens with two attached hydrogens (primary N) is 1. The van der Waals surface area contributed by atoms with Gasteiger partial charge in [0.05, 0.1) is 0 Å². The van der Waals surface area contributed by atoms with Crippen LogP contribution in [-0.4, -0.2) is 29.3 Å². The van der Waals surface area contributed by atoms with Crippen molar-refractivity contribution in [2.75, 3.05) is 18.0 Å². The fraction of sp³-hybridized carbons (Fsp3) is 0.769. The smallest absolute Gasteiger partial charge is 0.154 e. The Labute approximate surface area is 103 Å². The molecule has 1 aromatic rings. The van der Waals surface area contributed by atoms with Crippen LogP contribution >= 0.6 is 0 Å². The predicted molar refractivity (Wildman–Crippen MR) is 69.5 cm³/mol. The lowest BCUT2D eigenvalue weighted by atomic mass is 9.82. The van der Waals surface area contributed by atoms with E-state index in [-0.39, 0.29) is 0 Å². The number of rotatable bonds is 1. The van der Waals surface area contributed by atoms with E-state index in [4.69, 9.17) is 5.73 Å². The fourth-order valence-electron chi connectivity index (χ4n) is 3.22. The molecule has 0 aromatic carbocycles. The number of hydrogen-bond donors (Lipinski definition) is 2. The highest BCUT2D eigenvalue weighted by Gasteiger charge is 2.31. The van der Waals surface area contributed by atoms with E-state index in [0.717, 1.165) is 19.5 Å². The molecule has 1 aliphatic heterocycles. The molecule has 0 bridgehead atoms. The number of anilines is 1. The highest BCUT2D eigenvalue weighted by atomic mass is 15.3. The van der Waals surface area contributed by atoms with Crippen LogP contribution in [0.2, 0.25) is 0 Å². The van der Waals surface area contributed by atoms with Gasteiger partial charge in [-0.2, -0.15) is 5.10 Å². The van der Waals surface area contributed by atoms with E-state index in [2.05, 4.69) is 28.9 Å². The Morgan fingerprint density at radius 1 is 1.24 bits per heavy atom. The van der Waals surface area contributed by atoms with E-state index in [1.807, 2.05) is 0 Å². The van der Waals surface area contributed by atoms with Gasteiger partial charge < -0.3 is 10.6 Å². The topological polar surface area (TPSA) is 57.9 Å². The molecule has 1 fully saturated rings. The van der Waals surface area contributed by atoms with Crippen molar-refractivity contribution in [3.05, 3.63) is 11.3 Å². The molecule has 1 aromatic heterocycles. The average molecular weight is 234 g/mol. The molecule has 94 valence electrons. The summed E-state index contributed by atoms with van der Waals surface area (Å²) in [5.74, 6) is 2.43. The van der Waals surface area contributed by atoms with Gasteiger partial charge in [0.1, 0.15) is 0 Å². The molecule has 3 atom stereocenters. The molecule has 0 amide bonds. The van der Waals surface area contributed by atoms with Crippen LogP contribution < -0.4 is 10.6 Å². The van der Waals surface area contributed by atoms with Crippen molar-refractivity contribution in [1.82, 2.24) is 10.2 Å². The molecule has 0 spiro atoms. The lowest BCUT2D eigenvalue weighted by molar-refractivity contribution is 0.519. The molecule has 2 heterocycles. The van der Waals surface area contributed by atoms with Gasteiger partial charge in [-0.15, -0.1) is 0 Å². The fourth-order valence-corrected chi connectivity index (χ4v) is 3.22. The van der Waals surface area contributed by atoms with Crippen molar-refractivity contribution >= 4 is 5.82 Å². The molecule has 1 aliphatic carbocycles. The first-order chi connectivity index (χ1) is 8.16. The summed E-state index contributed by atoms with van der Waals surface area (Å²) in [6.07, 6.45) is 3.64. The van der Waals surface area contributed by atoms with E-state index in [9.17, 15) is 0 Å². The third-order valence-corrected chi connectivity index (χ3v) is 4.36. The summed E-state index contributed by atoms with van der Waals surface area (Å²) >= 11 is 0. The Morgan fingerprint density at radius 3 is 2.71 bits per heavy atom. The second-order valence-corrected chi connectivity index (χ2v) is 5.75. The zero-order chi connectivity index (χ0) is 12.0. The monoisotopic (exact) mass is 234 g/mol. The predicted octanol–water partition coefficient (Wildman–Crippen LogP) is 1.95. The normalized spacial score (nSPS) is 32.9. The molecular weight excluding hydrogens is 212 g/mol. The van der Waals surface area contributed by atoms with Crippen LogP contribution in [-0.2, 0) is 0 Å². The maximum atomic E-state index is 5.99. The summed E-state index contributed by atoms with van der Waals surface area (Å²) < 4.78 is 0. The number of aromatic amines is 1. The van der Waals surface area contributed by atoms with Crippen molar-refractivity contribution in [3.63, 3.8) is 0 Å². The molecule has 3 unspecified atom stereocenters. The number of H-pyrrole nitrogens is 1. The highest BCUT2D eigenvalue weighted by Crippen LogP contribution is 2.42. The van der Waals surface area contributed by atoms with Gasteiger partial charge in [0, 0.05) is 30.4 Å². The van der Waals surface area contributed by atoms with Crippen molar-refractivity contribution < 1.29 is 0 Å². The molecule has 3 rings (SSSR count). The van der Waals surface area contributed by atoms with Gasteiger partial charge in [-0.1, -0.05) is 13.8 Å².